The molecular formula is C8H8O4S2. The van der Waals surface area contributed by atoms with E-state index >= 15 is 0 Å². The van der Waals surface area contributed by atoms with Gasteiger partial charge in [0.1, 0.15) is 0 Å². The summed E-state index contributed by atoms with van der Waals surface area (Å²) in [6.45, 7) is 0. The van der Waals surface area contributed by atoms with E-state index in [2.05, 4.69) is 12.6 Å². The second-order valence-electron chi connectivity index (χ2n) is 2.59. The molecule has 0 aromatic heterocycles. The minimum atomic E-state index is -2.42. The van der Waals surface area contributed by atoms with E-state index in [0.29, 0.717) is 4.90 Å². The van der Waals surface area contributed by atoms with E-state index in [0.717, 1.165) is 0 Å². The number of carboxylic acids is 1. The molecular weight excluding hydrogens is 224 g/mol. The Morgan fingerprint density at radius 3 is 2.21 bits per heavy atom. The van der Waals surface area contributed by atoms with Crippen molar-refractivity contribution < 1.29 is 18.7 Å². The highest BCUT2D eigenvalue weighted by Crippen LogP contribution is 2.20. The van der Waals surface area contributed by atoms with Crippen LogP contribution >= 0.6 is 12.6 Å². The van der Waals surface area contributed by atoms with Gasteiger partial charge in [-0.3, -0.25) is 4.79 Å². The van der Waals surface area contributed by atoms with Gasteiger partial charge in [-0.15, -0.1) is 12.6 Å². The van der Waals surface area contributed by atoms with Crippen molar-refractivity contribution in [3.05, 3.63) is 29.8 Å². The highest BCUT2D eigenvalue weighted by atomic mass is 32.2. The van der Waals surface area contributed by atoms with Crippen LogP contribution < -0.4 is 0 Å². The number of aliphatic carboxylic acids is 1. The van der Waals surface area contributed by atoms with Crippen molar-refractivity contribution in [1.29, 1.82) is 0 Å². The van der Waals surface area contributed by atoms with Crippen LogP contribution in [0.4, 0.5) is 0 Å². The van der Waals surface area contributed by atoms with Gasteiger partial charge in [0.15, 0.2) is 16.3 Å². The number of hydrogen-bond donors (Lipinski definition) is 3. The van der Waals surface area contributed by atoms with Crippen molar-refractivity contribution in [2.75, 3.05) is 0 Å². The molecule has 0 bridgehead atoms. The number of hydrogen-bond acceptors (Lipinski definition) is 3. The maximum absolute atomic E-state index is 10.7. The molecule has 0 aliphatic carbocycles. The lowest BCUT2D eigenvalue weighted by Crippen LogP contribution is -2.16. The summed E-state index contributed by atoms with van der Waals surface area (Å²) in [6, 6.07) is 6.08. The quantitative estimate of drug-likeness (QED) is 0.543. The molecule has 2 unspecified atom stereocenters. The molecule has 1 rings (SSSR count). The predicted octanol–water partition coefficient (Wildman–Crippen LogP) is 1.32. The normalized spacial score (nSPS) is 14.7. The Hall–Kier alpha value is -0.850. The molecule has 0 fully saturated rings. The van der Waals surface area contributed by atoms with Gasteiger partial charge >= 0.3 is 5.97 Å². The van der Waals surface area contributed by atoms with E-state index in [1.807, 2.05) is 0 Å². The van der Waals surface area contributed by atoms with Crippen molar-refractivity contribution in [1.82, 2.24) is 0 Å². The van der Waals surface area contributed by atoms with E-state index in [4.69, 9.17) is 9.66 Å². The standard InChI is InChI=1S/C8H8O4S2/c9-8(10)7(14(11)12)5-1-3-6(13)4-2-5/h1-4,7,13H,(H,9,10)(H,11,12). The molecule has 0 heterocycles. The molecule has 0 saturated carbocycles. The van der Waals surface area contributed by atoms with Crippen LogP contribution in [0.2, 0.25) is 0 Å². The Morgan fingerprint density at radius 2 is 1.86 bits per heavy atom. The van der Waals surface area contributed by atoms with Gasteiger partial charge in [0.25, 0.3) is 0 Å². The van der Waals surface area contributed by atoms with Crippen LogP contribution in [0, 0.1) is 0 Å². The highest BCUT2D eigenvalue weighted by Gasteiger charge is 2.25. The van der Waals surface area contributed by atoms with Crippen LogP contribution in [0.25, 0.3) is 0 Å². The number of benzene rings is 1. The zero-order valence-electron chi connectivity index (χ0n) is 6.95. The lowest BCUT2D eigenvalue weighted by Gasteiger charge is -2.07. The first-order valence-electron chi connectivity index (χ1n) is 3.63. The van der Waals surface area contributed by atoms with Gasteiger partial charge in [0, 0.05) is 4.90 Å². The number of rotatable bonds is 3. The molecule has 0 amide bonds. The molecule has 2 atom stereocenters. The van der Waals surface area contributed by atoms with Crippen molar-refractivity contribution in [2.24, 2.45) is 0 Å². The molecule has 0 saturated heterocycles. The zero-order chi connectivity index (χ0) is 10.7. The average molecular weight is 232 g/mol. The first-order valence-corrected chi connectivity index (χ1v) is 5.25. The molecule has 6 heteroatoms. The molecule has 0 aliphatic heterocycles. The minimum Gasteiger partial charge on any atom is -0.480 e. The molecule has 0 spiro atoms. The summed E-state index contributed by atoms with van der Waals surface area (Å²) in [5, 5.41) is 7.30. The predicted molar refractivity (Wildman–Crippen MR) is 54.8 cm³/mol. The maximum atomic E-state index is 10.7. The second kappa shape index (κ2) is 4.59. The van der Waals surface area contributed by atoms with E-state index in [1.54, 1.807) is 12.1 Å². The van der Waals surface area contributed by atoms with Crippen LogP contribution in [0.1, 0.15) is 10.8 Å². The number of carbonyl (C=O) groups is 1. The Morgan fingerprint density at radius 1 is 1.36 bits per heavy atom. The molecule has 14 heavy (non-hydrogen) atoms. The van der Waals surface area contributed by atoms with E-state index in [1.165, 1.54) is 12.1 Å². The van der Waals surface area contributed by atoms with E-state index in [9.17, 15) is 9.00 Å². The molecule has 0 aliphatic rings. The molecule has 76 valence electrons. The lowest BCUT2D eigenvalue weighted by molar-refractivity contribution is -0.136. The summed E-state index contributed by atoms with van der Waals surface area (Å²) in [4.78, 5) is 11.3. The summed E-state index contributed by atoms with van der Waals surface area (Å²) in [6.07, 6.45) is 0. The Balaban J connectivity index is 3.06. The van der Waals surface area contributed by atoms with Crippen LogP contribution in [0.5, 0.6) is 0 Å². The smallest absolute Gasteiger partial charge is 0.326 e. The van der Waals surface area contributed by atoms with Crippen molar-refractivity contribution >= 4 is 29.7 Å². The third kappa shape index (κ3) is 2.57. The van der Waals surface area contributed by atoms with E-state index < -0.39 is 22.3 Å². The highest BCUT2D eigenvalue weighted by molar-refractivity contribution is 7.80. The van der Waals surface area contributed by atoms with Crippen LogP contribution in [0.3, 0.4) is 0 Å². The SMILES string of the molecule is O=C(O)C(c1ccc(S)cc1)S(=O)O. The monoisotopic (exact) mass is 232 g/mol. The van der Waals surface area contributed by atoms with Gasteiger partial charge in [-0.1, -0.05) is 12.1 Å². The fraction of sp³-hybridized carbons (Fsp3) is 0.125. The second-order valence-corrected chi connectivity index (χ2v) is 4.13. The first-order chi connectivity index (χ1) is 6.52. The van der Waals surface area contributed by atoms with Crippen molar-refractivity contribution in [3.8, 4) is 0 Å². The maximum Gasteiger partial charge on any atom is 0.326 e. The molecule has 4 nitrogen and oxygen atoms in total. The molecule has 2 N–H and O–H groups in total. The van der Waals surface area contributed by atoms with Crippen molar-refractivity contribution in [3.63, 3.8) is 0 Å². The Kier molecular flexibility index (Phi) is 3.68. The number of thiol groups is 1. The first kappa shape index (κ1) is 11.2. The van der Waals surface area contributed by atoms with Gasteiger partial charge < -0.3 is 9.66 Å². The summed E-state index contributed by atoms with van der Waals surface area (Å²) < 4.78 is 19.5. The summed E-state index contributed by atoms with van der Waals surface area (Å²) in [5.74, 6) is -1.32. The average Bonchev–Trinajstić information content (AvgIpc) is 2.07. The van der Waals surface area contributed by atoms with E-state index in [-0.39, 0.29) is 5.56 Å². The third-order valence-corrected chi connectivity index (χ3v) is 2.80. The Labute approximate surface area is 88.6 Å². The fourth-order valence-electron chi connectivity index (χ4n) is 0.994. The van der Waals surface area contributed by atoms with Gasteiger partial charge in [0.05, 0.1) is 0 Å². The summed E-state index contributed by atoms with van der Waals surface area (Å²) in [7, 11) is 0. The van der Waals surface area contributed by atoms with Gasteiger partial charge in [-0.2, -0.15) is 0 Å². The van der Waals surface area contributed by atoms with Crippen LogP contribution in [0.15, 0.2) is 29.2 Å². The largest absolute Gasteiger partial charge is 0.480 e. The topological polar surface area (TPSA) is 74.6 Å². The lowest BCUT2D eigenvalue weighted by atomic mass is 10.1. The Bertz CT molecular complexity index is 346. The minimum absolute atomic E-state index is 0.288. The van der Waals surface area contributed by atoms with Crippen LogP contribution in [-0.4, -0.2) is 19.8 Å². The molecule has 1 aromatic rings. The fourth-order valence-corrected chi connectivity index (χ4v) is 1.71. The van der Waals surface area contributed by atoms with Crippen molar-refractivity contribution in [2.45, 2.75) is 10.1 Å². The zero-order valence-corrected chi connectivity index (χ0v) is 8.66. The van der Waals surface area contributed by atoms with Gasteiger partial charge in [-0.25, -0.2) is 4.21 Å². The summed E-state index contributed by atoms with van der Waals surface area (Å²) in [5.41, 5.74) is 0.288. The third-order valence-electron chi connectivity index (χ3n) is 1.62. The summed E-state index contributed by atoms with van der Waals surface area (Å²) >= 11 is 1.60. The van der Waals surface area contributed by atoms with Gasteiger partial charge in [-0.05, 0) is 17.7 Å². The number of carboxylic acid groups (broad SMARTS) is 1. The molecule has 0 radical (unpaired) electrons. The van der Waals surface area contributed by atoms with Crippen LogP contribution in [-0.2, 0) is 15.9 Å². The van der Waals surface area contributed by atoms with Gasteiger partial charge in [0.2, 0.25) is 0 Å². The molecule has 1 aromatic carbocycles.